The van der Waals surface area contributed by atoms with Crippen LogP contribution in [0.25, 0.3) is 0 Å². The normalized spacial score (nSPS) is 14.6. The number of nitrogens with one attached hydrogen (secondary N) is 2. The predicted molar refractivity (Wildman–Crippen MR) is 103 cm³/mol. The summed E-state index contributed by atoms with van der Waals surface area (Å²) in [5, 5.41) is 5.20. The first-order valence-electron chi connectivity index (χ1n) is 9.26. The van der Waals surface area contributed by atoms with Gasteiger partial charge in [0.1, 0.15) is 5.82 Å². The SMILES string of the molecule is CC1CCN(c2ccc(CNC(=O)C(=O)NCc3cccnc3)cn2)CC1. The second-order valence-corrected chi connectivity index (χ2v) is 6.92. The first-order chi connectivity index (χ1) is 13.1. The fraction of sp³-hybridized carbons (Fsp3) is 0.400. The van der Waals surface area contributed by atoms with E-state index in [1.165, 1.54) is 12.8 Å². The molecule has 1 saturated heterocycles. The van der Waals surface area contributed by atoms with Crippen LogP contribution in [0.4, 0.5) is 5.82 Å². The van der Waals surface area contributed by atoms with Gasteiger partial charge < -0.3 is 15.5 Å². The Labute approximate surface area is 159 Å². The van der Waals surface area contributed by atoms with E-state index in [0.29, 0.717) is 0 Å². The molecule has 0 atom stereocenters. The summed E-state index contributed by atoms with van der Waals surface area (Å²) in [6.07, 6.45) is 7.43. The number of hydrogen-bond acceptors (Lipinski definition) is 5. The van der Waals surface area contributed by atoms with E-state index >= 15 is 0 Å². The molecule has 0 saturated carbocycles. The largest absolute Gasteiger partial charge is 0.357 e. The van der Waals surface area contributed by atoms with Gasteiger partial charge in [-0.05, 0) is 42.0 Å². The van der Waals surface area contributed by atoms with Crippen molar-refractivity contribution in [3.05, 3.63) is 54.0 Å². The Morgan fingerprint density at radius 2 is 1.70 bits per heavy atom. The topological polar surface area (TPSA) is 87.2 Å². The number of piperidine rings is 1. The van der Waals surface area contributed by atoms with Crippen molar-refractivity contribution < 1.29 is 9.59 Å². The quantitative estimate of drug-likeness (QED) is 0.785. The molecule has 0 aromatic carbocycles. The maximum absolute atomic E-state index is 11.9. The fourth-order valence-corrected chi connectivity index (χ4v) is 2.97. The number of hydrogen-bond donors (Lipinski definition) is 2. The molecule has 0 unspecified atom stereocenters. The lowest BCUT2D eigenvalue weighted by Crippen LogP contribution is -2.39. The van der Waals surface area contributed by atoms with Gasteiger partial charge in [-0.15, -0.1) is 0 Å². The molecule has 2 aromatic rings. The van der Waals surface area contributed by atoms with Crippen molar-refractivity contribution in [2.75, 3.05) is 18.0 Å². The fourth-order valence-electron chi connectivity index (χ4n) is 2.97. The van der Waals surface area contributed by atoms with Crippen LogP contribution >= 0.6 is 0 Å². The molecule has 7 heteroatoms. The summed E-state index contributed by atoms with van der Waals surface area (Å²) in [4.78, 5) is 34.5. The molecule has 7 nitrogen and oxygen atoms in total. The van der Waals surface area contributed by atoms with Crippen LogP contribution in [0.3, 0.4) is 0 Å². The number of carbonyl (C=O) groups is 2. The summed E-state index contributed by atoms with van der Waals surface area (Å²) >= 11 is 0. The molecule has 0 spiro atoms. The molecule has 1 fully saturated rings. The van der Waals surface area contributed by atoms with Gasteiger partial charge in [0.15, 0.2) is 0 Å². The zero-order valence-electron chi connectivity index (χ0n) is 15.5. The van der Waals surface area contributed by atoms with E-state index < -0.39 is 11.8 Å². The van der Waals surface area contributed by atoms with Crippen molar-refractivity contribution in [1.29, 1.82) is 0 Å². The van der Waals surface area contributed by atoms with Crippen LogP contribution in [0.15, 0.2) is 42.9 Å². The highest BCUT2D eigenvalue weighted by molar-refractivity contribution is 6.35. The number of aromatic nitrogens is 2. The second-order valence-electron chi connectivity index (χ2n) is 6.92. The van der Waals surface area contributed by atoms with Crippen LogP contribution in [0.2, 0.25) is 0 Å². The van der Waals surface area contributed by atoms with Crippen molar-refractivity contribution in [2.45, 2.75) is 32.9 Å². The van der Waals surface area contributed by atoms with Crippen molar-refractivity contribution in [1.82, 2.24) is 20.6 Å². The van der Waals surface area contributed by atoms with Crippen LogP contribution in [-0.2, 0) is 22.7 Å². The lowest BCUT2D eigenvalue weighted by Gasteiger charge is -2.31. The molecule has 27 heavy (non-hydrogen) atoms. The summed E-state index contributed by atoms with van der Waals surface area (Å²) in [6.45, 7) is 4.88. The van der Waals surface area contributed by atoms with Gasteiger partial charge in [-0.1, -0.05) is 19.1 Å². The van der Waals surface area contributed by atoms with E-state index in [2.05, 4.69) is 32.4 Å². The summed E-state index contributed by atoms with van der Waals surface area (Å²) in [5.74, 6) is 0.421. The van der Waals surface area contributed by atoms with Gasteiger partial charge >= 0.3 is 11.8 Å². The summed E-state index contributed by atoms with van der Waals surface area (Å²) in [5.41, 5.74) is 1.70. The highest BCUT2D eigenvalue weighted by Gasteiger charge is 2.17. The zero-order valence-corrected chi connectivity index (χ0v) is 15.5. The molecule has 0 radical (unpaired) electrons. The number of pyridine rings is 2. The van der Waals surface area contributed by atoms with E-state index in [0.717, 1.165) is 36.0 Å². The first-order valence-corrected chi connectivity index (χ1v) is 9.26. The van der Waals surface area contributed by atoms with Gasteiger partial charge in [0.2, 0.25) is 0 Å². The van der Waals surface area contributed by atoms with E-state index in [4.69, 9.17) is 0 Å². The van der Waals surface area contributed by atoms with Gasteiger partial charge in [-0.3, -0.25) is 14.6 Å². The molecule has 3 rings (SSSR count). The minimum Gasteiger partial charge on any atom is -0.357 e. The molecule has 0 bridgehead atoms. The van der Waals surface area contributed by atoms with Crippen molar-refractivity contribution in [3.8, 4) is 0 Å². The van der Waals surface area contributed by atoms with Gasteiger partial charge in [-0.2, -0.15) is 0 Å². The number of anilines is 1. The van der Waals surface area contributed by atoms with Gasteiger partial charge in [0.05, 0.1) is 0 Å². The molecule has 1 aliphatic heterocycles. The van der Waals surface area contributed by atoms with Crippen LogP contribution in [0.1, 0.15) is 30.9 Å². The molecule has 142 valence electrons. The average Bonchev–Trinajstić information content (AvgIpc) is 2.72. The molecule has 1 aliphatic rings. The third-order valence-electron chi connectivity index (χ3n) is 4.75. The Balaban J connectivity index is 1.43. The minimum atomic E-state index is -0.661. The van der Waals surface area contributed by atoms with Gasteiger partial charge in [-0.25, -0.2) is 4.98 Å². The Morgan fingerprint density at radius 1 is 1.04 bits per heavy atom. The molecule has 2 amide bonds. The maximum atomic E-state index is 11.9. The standard InChI is InChI=1S/C20H25N5O2/c1-15-6-9-25(10-7-15)18-5-4-17(12-22-18)14-24-20(27)19(26)23-13-16-3-2-8-21-11-16/h2-5,8,11-12,15H,6-7,9-10,13-14H2,1H3,(H,23,26)(H,24,27). The van der Waals surface area contributed by atoms with E-state index in [-0.39, 0.29) is 13.1 Å². The highest BCUT2D eigenvalue weighted by Crippen LogP contribution is 2.21. The number of nitrogens with zero attached hydrogens (tertiary/aromatic N) is 3. The van der Waals surface area contributed by atoms with Gasteiger partial charge in [0.25, 0.3) is 0 Å². The first kappa shape index (κ1) is 18.8. The summed E-state index contributed by atoms with van der Waals surface area (Å²) in [7, 11) is 0. The number of amides is 2. The Kier molecular flexibility index (Phi) is 6.35. The number of carbonyl (C=O) groups excluding carboxylic acids is 2. The minimum absolute atomic E-state index is 0.267. The Morgan fingerprint density at radius 3 is 2.26 bits per heavy atom. The zero-order chi connectivity index (χ0) is 19.1. The predicted octanol–water partition coefficient (Wildman–Crippen LogP) is 1.65. The molecule has 0 aliphatic carbocycles. The maximum Gasteiger partial charge on any atom is 0.309 e. The third kappa shape index (κ3) is 5.51. The van der Waals surface area contributed by atoms with Crippen LogP contribution < -0.4 is 15.5 Å². The highest BCUT2D eigenvalue weighted by atomic mass is 16.2. The van der Waals surface area contributed by atoms with E-state index in [9.17, 15) is 9.59 Å². The van der Waals surface area contributed by atoms with Crippen molar-refractivity contribution in [3.63, 3.8) is 0 Å². The van der Waals surface area contributed by atoms with Crippen LogP contribution in [0, 0.1) is 5.92 Å². The average molecular weight is 367 g/mol. The molecular formula is C20H25N5O2. The van der Waals surface area contributed by atoms with Crippen molar-refractivity contribution >= 4 is 17.6 Å². The van der Waals surface area contributed by atoms with Crippen LogP contribution in [0.5, 0.6) is 0 Å². The lowest BCUT2D eigenvalue weighted by molar-refractivity contribution is -0.139. The monoisotopic (exact) mass is 367 g/mol. The Bertz CT molecular complexity index is 756. The van der Waals surface area contributed by atoms with E-state index in [1.54, 1.807) is 24.7 Å². The summed E-state index contributed by atoms with van der Waals surface area (Å²) < 4.78 is 0. The molecule has 2 N–H and O–H groups in total. The third-order valence-corrected chi connectivity index (χ3v) is 4.75. The Hall–Kier alpha value is -2.96. The molecule has 3 heterocycles. The van der Waals surface area contributed by atoms with Gasteiger partial charge in [0, 0.05) is 44.8 Å². The molecular weight excluding hydrogens is 342 g/mol. The second kappa shape index (κ2) is 9.12. The molecule has 2 aromatic heterocycles. The number of rotatable bonds is 5. The van der Waals surface area contributed by atoms with E-state index in [1.807, 2.05) is 18.2 Å². The smallest absolute Gasteiger partial charge is 0.309 e. The van der Waals surface area contributed by atoms with Crippen molar-refractivity contribution in [2.24, 2.45) is 5.92 Å². The van der Waals surface area contributed by atoms with Crippen LogP contribution in [-0.4, -0.2) is 34.9 Å². The lowest BCUT2D eigenvalue weighted by atomic mass is 9.99. The summed E-state index contributed by atoms with van der Waals surface area (Å²) in [6, 6.07) is 7.53.